The van der Waals surface area contributed by atoms with E-state index < -0.39 is 0 Å². The van der Waals surface area contributed by atoms with Crippen LogP contribution in [0.4, 0.5) is 0 Å². The molecule has 0 radical (unpaired) electrons. The van der Waals surface area contributed by atoms with Gasteiger partial charge in [-0.1, -0.05) is 66.7 Å². The van der Waals surface area contributed by atoms with Crippen molar-refractivity contribution in [2.75, 3.05) is 6.54 Å². The van der Waals surface area contributed by atoms with E-state index in [-0.39, 0.29) is 12.4 Å². The Labute approximate surface area is 138 Å². The van der Waals surface area contributed by atoms with Crippen molar-refractivity contribution in [1.29, 1.82) is 0 Å². The first kappa shape index (κ1) is 16.5. The van der Waals surface area contributed by atoms with Crippen LogP contribution in [0.15, 0.2) is 66.7 Å². The second kappa shape index (κ2) is 7.44. The number of aryl methyl sites for hydroxylation is 1. The molecule has 3 rings (SSSR count). The van der Waals surface area contributed by atoms with E-state index in [9.17, 15) is 0 Å². The third-order valence-corrected chi connectivity index (χ3v) is 4.26. The summed E-state index contributed by atoms with van der Waals surface area (Å²) in [5, 5.41) is 2.58. The lowest BCUT2D eigenvalue weighted by atomic mass is 9.89. The SMILES string of the molecule is Cc1ccccc1CC(CN)c1ccc2ccccc2c1.Cl. The number of rotatable bonds is 4. The minimum atomic E-state index is 0. The average molecular weight is 312 g/mol. The second-order valence-electron chi connectivity index (χ2n) is 5.67. The molecule has 0 aromatic heterocycles. The molecule has 2 N–H and O–H groups in total. The lowest BCUT2D eigenvalue weighted by Crippen LogP contribution is -2.15. The monoisotopic (exact) mass is 311 g/mol. The Morgan fingerprint density at radius 1 is 0.864 bits per heavy atom. The number of halogens is 1. The molecule has 0 aliphatic carbocycles. The summed E-state index contributed by atoms with van der Waals surface area (Å²) in [7, 11) is 0. The largest absolute Gasteiger partial charge is 0.330 e. The van der Waals surface area contributed by atoms with Crippen LogP contribution in [-0.4, -0.2) is 6.54 Å². The van der Waals surface area contributed by atoms with E-state index in [0.717, 1.165) is 6.42 Å². The quantitative estimate of drug-likeness (QED) is 0.732. The van der Waals surface area contributed by atoms with Gasteiger partial charge >= 0.3 is 0 Å². The highest BCUT2D eigenvalue weighted by atomic mass is 35.5. The van der Waals surface area contributed by atoms with E-state index >= 15 is 0 Å². The van der Waals surface area contributed by atoms with E-state index in [0.29, 0.717) is 12.5 Å². The maximum absolute atomic E-state index is 6.05. The number of fused-ring (bicyclic) bond motifs is 1. The van der Waals surface area contributed by atoms with Gasteiger partial charge in [-0.25, -0.2) is 0 Å². The highest BCUT2D eigenvalue weighted by molar-refractivity contribution is 5.85. The molecule has 1 nitrogen and oxygen atoms in total. The van der Waals surface area contributed by atoms with Gasteiger partial charge in [0.15, 0.2) is 0 Å². The minimum absolute atomic E-state index is 0. The molecule has 0 bridgehead atoms. The maximum Gasteiger partial charge on any atom is 0.000189 e. The van der Waals surface area contributed by atoms with E-state index in [2.05, 4.69) is 73.7 Å². The first-order valence-electron chi connectivity index (χ1n) is 7.51. The summed E-state index contributed by atoms with van der Waals surface area (Å²) in [4.78, 5) is 0. The molecule has 1 unspecified atom stereocenters. The van der Waals surface area contributed by atoms with Gasteiger partial charge in [-0.2, -0.15) is 0 Å². The normalized spacial score (nSPS) is 11.9. The number of hydrogen-bond acceptors (Lipinski definition) is 1. The zero-order valence-electron chi connectivity index (χ0n) is 12.8. The van der Waals surface area contributed by atoms with Crippen molar-refractivity contribution in [2.24, 2.45) is 5.73 Å². The fraction of sp³-hybridized carbons (Fsp3) is 0.200. The van der Waals surface area contributed by atoms with Crippen molar-refractivity contribution in [2.45, 2.75) is 19.3 Å². The second-order valence-corrected chi connectivity index (χ2v) is 5.67. The smallest absolute Gasteiger partial charge is 0.000189 e. The zero-order chi connectivity index (χ0) is 14.7. The highest BCUT2D eigenvalue weighted by Crippen LogP contribution is 2.25. The van der Waals surface area contributed by atoms with Gasteiger partial charge < -0.3 is 5.73 Å². The van der Waals surface area contributed by atoms with Gasteiger partial charge in [0.25, 0.3) is 0 Å². The number of nitrogens with two attached hydrogens (primary N) is 1. The van der Waals surface area contributed by atoms with Crippen LogP contribution in [0.5, 0.6) is 0 Å². The Morgan fingerprint density at radius 2 is 1.55 bits per heavy atom. The third-order valence-electron chi connectivity index (χ3n) is 4.26. The van der Waals surface area contributed by atoms with Crippen LogP contribution in [-0.2, 0) is 6.42 Å². The van der Waals surface area contributed by atoms with Crippen molar-refractivity contribution < 1.29 is 0 Å². The van der Waals surface area contributed by atoms with Gasteiger partial charge in [0.05, 0.1) is 0 Å². The molecule has 114 valence electrons. The van der Waals surface area contributed by atoms with E-state index in [1.54, 1.807) is 0 Å². The van der Waals surface area contributed by atoms with Gasteiger partial charge in [0.2, 0.25) is 0 Å². The van der Waals surface area contributed by atoms with E-state index in [4.69, 9.17) is 5.73 Å². The van der Waals surface area contributed by atoms with Crippen LogP contribution in [0.2, 0.25) is 0 Å². The van der Waals surface area contributed by atoms with E-state index in [1.807, 2.05) is 0 Å². The van der Waals surface area contributed by atoms with Crippen molar-refractivity contribution in [1.82, 2.24) is 0 Å². The van der Waals surface area contributed by atoms with Gasteiger partial charge in [-0.15, -0.1) is 12.4 Å². The van der Waals surface area contributed by atoms with Crippen LogP contribution in [0.3, 0.4) is 0 Å². The molecule has 3 aromatic rings. The molecule has 0 heterocycles. The molecular formula is C20H22ClN. The lowest BCUT2D eigenvalue weighted by Gasteiger charge is -2.17. The molecule has 0 saturated heterocycles. The summed E-state index contributed by atoms with van der Waals surface area (Å²) in [5.74, 6) is 0.371. The molecule has 0 spiro atoms. The molecule has 0 amide bonds. The van der Waals surface area contributed by atoms with Gasteiger partial charge in [0.1, 0.15) is 0 Å². The molecular weight excluding hydrogens is 290 g/mol. The summed E-state index contributed by atoms with van der Waals surface area (Å²) in [5.41, 5.74) is 10.1. The molecule has 1 atom stereocenters. The Morgan fingerprint density at radius 3 is 2.27 bits per heavy atom. The number of hydrogen-bond donors (Lipinski definition) is 1. The van der Waals surface area contributed by atoms with Gasteiger partial charge in [-0.05, 0) is 47.4 Å². The molecule has 0 fully saturated rings. The maximum atomic E-state index is 6.05. The van der Waals surface area contributed by atoms with Crippen LogP contribution >= 0.6 is 12.4 Å². The first-order chi connectivity index (χ1) is 10.3. The van der Waals surface area contributed by atoms with Crippen LogP contribution in [0.1, 0.15) is 22.6 Å². The molecule has 22 heavy (non-hydrogen) atoms. The first-order valence-corrected chi connectivity index (χ1v) is 7.51. The van der Waals surface area contributed by atoms with Gasteiger partial charge in [0, 0.05) is 5.92 Å². The molecule has 3 aromatic carbocycles. The summed E-state index contributed by atoms with van der Waals surface area (Å²) in [6, 6.07) is 23.8. The summed E-state index contributed by atoms with van der Waals surface area (Å²) < 4.78 is 0. The summed E-state index contributed by atoms with van der Waals surface area (Å²) in [6.45, 7) is 2.84. The predicted molar refractivity (Wildman–Crippen MR) is 97.9 cm³/mol. The van der Waals surface area contributed by atoms with Crippen molar-refractivity contribution in [3.05, 3.63) is 83.4 Å². The zero-order valence-corrected chi connectivity index (χ0v) is 13.6. The Bertz CT molecular complexity index is 751. The Kier molecular flexibility index (Phi) is 5.59. The van der Waals surface area contributed by atoms with Crippen LogP contribution in [0.25, 0.3) is 10.8 Å². The third kappa shape index (κ3) is 3.49. The highest BCUT2D eigenvalue weighted by Gasteiger charge is 2.12. The summed E-state index contributed by atoms with van der Waals surface area (Å²) >= 11 is 0. The average Bonchev–Trinajstić information content (AvgIpc) is 2.54. The fourth-order valence-corrected chi connectivity index (χ4v) is 2.90. The van der Waals surface area contributed by atoms with Crippen molar-refractivity contribution in [3.8, 4) is 0 Å². The standard InChI is InChI=1S/C20H21N.ClH/c1-15-6-2-3-8-17(15)12-20(14-21)19-11-10-16-7-4-5-9-18(16)13-19;/h2-11,13,20H,12,14,21H2,1H3;1H. The van der Waals surface area contributed by atoms with Crippen LogP contribution < -0.4 is 5.73 Å². The minimum Gasteiger partial charge on any atom is -0.330 e. The lowest BCUT2D eigenvalue weighted by molar-refractivity contribution is 0.693. The number of benzene rings is 3. The Hall–Kier alpha value is -1.83. The molecule has 0 aliphatic heterocycles. The van der Waals surface area contributed by atoms with Crippen LogP contribution in [0, 0.1) is 6.92 Å². The van der Waals surface area contributed by atoms with Crippen molar-refractivity contribution in [3.63, 3.8) is 0 Å². The topological polar surface area (TPSA) is 26.0 Å². The predicted octanol–water partition coefficient (Wildman–Crippen LogP) is 4.86. The van der Waals surface area contributed by atoms with Gasteiger partial charge in [-0.3, -0.25) is 0 Å². The fourth-order valence-electron chi connectivity index (χ4n) is 2.90. The van der Waals surface area contributed by atoms with E-state index in [1.165, 1.54) is 27.5 Å². The summed E-state index contributed by atoms with van der Waals surface area (Å²) in [6.07, 6.45) is 1.00. The van der Waals surface area contributed by atoms with Crippen molar-refractivity contribution >= 4 is 23.2 Å². The molecule has 0 saturated carbocycles. The molecule has 0 aliphatic rings. The molecule has 2 heteroatoms. The Balaban J connectivity index is 0.00000176.